The highest BCUT2D eigenvalue weighted by molar-refractivity contribution is 5.70. The Morgan fingerprint density at radius 3 is 2.32 bits per heavy atom. The molecule has 2 aliphatic heterocycles. The van der Waals surface area contributed by atoms with Gasteiger partial charge in [-0.2, -0.15) is 0 Å². The van der Waals surface area contributed by atoms with E-state index in [0.29, 0.717) is 12.5 Å². The zero-order valence-corrected chi connectivity index (χ0v) is 11.7. The van der Waals surface area contributed by atoms with Crippen LogP contribution in [0.4, 0.5) is 4.79 Å². The first-order valence-electron chi connectivity index (χ1n) is 7.14. The van der Waals surface area contributed by atoms with Crippen LogP contribution in [0.5, 0.6) is 0 Å². The Balaban J connectivity index is 1.91. The molecule has 2 heterocycles. The first kappa shape index (κ1) is 14.2. The molecule has 0 aromatic carbocycles. The van der Waals surface area contributed by atoms with Crippen molar-refractivity contribution in [1.29, 1.82) is 0 Å². The van der Waals surface area contributed by atoms with Crippen LogP contribution in [0.25, 0.3) is 0 Å². The lowest BCUT2D eigenvalue weighted by atomic mass is 9.88. The Labute approximate surface area is 113 Å². The summed E-state index contributed by atoms with van der Waals surface area (Å²) in [6.45, 7) is 4.48. The Kier molecular flexibility index (Phi) is 4.32. The summed E-state index contributed by atoms with van der Waals surface area (Å²) < 4.78 is 5.31. The summed E-state index contributed by atoms with van der Waals surface area (Å²) in [5, 5.41) is 8.87. The Bertz CT molecular complexity index is 341. The van der Waals surface area contributed by atoms with E-state index in [0.717, 1.165) is 25.7 Å². The van der Waals surface area contributed by atoms with Crippen molar-refractivity contribution in [2.75, 3.05) is 6.61 Å². The van der Waals surface area contributed by atoms with Gasteiger partial charge in [0, 0.05) is 18.5 Å². The van der Waals surface area contributed by atoms with Crippen LogP contribution < -0.4 is 0 Å². The second-order valence-corrected chi connectivity index (χ2v) is 6.20. The second kappa shape index (κ2) is 5.80. The summed E-state index contributed by atoms with van der Waals surface area (Å²) in [7, 11) is 0. The number of fused-ring (bicyclic) bond motifs is 2. The average molecular weight is 269 g/mol. The Morgan fingerprint density at radius 1 is 1.26 bits per heavy atom. The topological polar surface area (TPSA) is 66.8 Å². The van der Waals surface area contributed by atoms with Gasteiger partial charge in [-0.15, -0.1) is 0 Å². The molecule has 108 valence electrons. The van der Waals surface area contributed by atoms with Crippen molar-refractivity contribution in [3.05, 3.63) is 0 Å². The van der Waals surface area contributed by atoms with E-state index in [2.05, 4.69) is 0 Å². The smallest absolute Gasteiger partial charge is 0.410 e. The highest BCUT2D eigenvalue weighted by atomic mass is 16.6. The Hall–Kier alpha value is -1.26. The molecular formula is C14H23NO4. The summed E-state index contributed by atoms with van der Waals surface area (Å²) >= 11 is 0. The van der Waals surface area contributed by atoms with Gasteiger partial charge in [0.05, 0.1) is 6.61 Å². The number of piperidine rings is 1. The van der Waals surface area contributed by atoms with Gasteiger partial charge in [0.2, 0.25) is 0 Å². The van der Waals surface area contributed by atoms with E-state index >= 15 is 0 Å². The summed E-state index contributed by atoms with van der Waals surface area (Å²) in [4.78, 5) is 24.7. The highest BCUT2D eigenvalue weighted by Gasteiger charge is 2.44. The number of rotatable bonds is 4. The molecule has 2 rings (SSSR count). The van der Waals surface area contributed by atoms with Gasteiger partial charge in [0.15, 0.2) is 0 Å². The van der Waals surface area contributed by atoms with E-state index in [9.17, 15) is 9.59 Å². The number of ether oxygens (including phenoxy) is 1. The average Bonchev–Trinajstić information content (AvgIpc) is 2.57. The third-order valence-corrected chi connectivity index (χ3v) is 4.04. The molecule has 2 unspecified atom stereocenters. The van der Waals surface area contributed by atoms with Gasteiger partial charge in [-0.3, -0.25) is 4.79 Å². The number of carbonyl (C=O) groups excluding carboxylic acids is 1. The molecular weight excluding hydrogens is 246 g/mol. The molecule has 2 atom stereocenters. The summed E-state index contributed by atoms with van der Waals surface area (Å²) in [6, 6.07) is 0.366. The maximum absolute atomic E-state index is 12.1. The van der Waals surface area contributed by atoms with Crippen LogP contribution in [-0.4, -0.2) is 40.8 Å². The molecule has 2 bridgehead atoms. The van der Waals surface area contributed by atoms with E-state index in [1.165, 1.54) is 0 Å². The van der Waals surface area contributed by atoms with E-state index in [1.807, 2.05) is 18.7 Å². The fraction of sp³-hybridized carbons (Fsp3) is 0.857. The van der Waals surface area contributed by atoms with E-state index in [4.69, 9.17) is 9.84 Å². The molecule has 2 aliphatic rings. The SMILES string of the molecule is CC(C)COC(=O)N1C2CCC1CC(CC(=O)O)C2. The minimum absolute atomic E-state index is 0.183. The number of amides is 1. The minimum atomic E-state index is -0.736. The van der Waals surface area contributed by atoms with Crippen LogP contribution >= 0.6 is 0 Å². The van der Waals surface area contributed by atoms with Gasteiger partial charge < -0.3 is 14.7 Å². The third-order valence-electron chi connectivity index (χ3n) is 4.04. The molecule has 1 N–H and O–H groups in total. The van der Waals surface area contributed by atoms with Crippen LogP contribution in [0.15, 0.2) is 0 Å². The molecule has 5 nitrogen and oxygen atoms in total. The van der Waals surface area contributed by atoms with E-state index in [1.54, 1.807) is 0 Å². The van der Waals surface area contributed by atoms with Gasteiger partial charge in [-0.05, 0) is 37.5 Å². The monoisotopic (exact) mass is 269 g/mol. The lowest BCUT2D eigenvalue weighted by molar-refractivity contribution is -0.138. The largest absolute Gasteiger partial charge is 0.481 e. The normalized spacial score (nSPS) is 29.6. The molecule has 0 radical (unpaired) electrons. The molecule has 0 aromatic rings. The quantitative estimate of drug-likeness (QED) is 0.851. The van der Waals surface area contributed by atoms with Crippen LogP contribution in [0, 0.1) is 11.8 Å². The number of nitrogens with zero attached hydrogens (tertiary/aromatic N) is 1. The van der Waals surface area contributed by atoms with Gasteiger partial charge in [-0.25, -0.2) is 4.79 Å². The van der Waals surface area contributed by atoms with Gasteiger partial charge in [-0.1, -0.05) is 13.8 Å². The number of aliphatic carboxylic acids is 1. The predicted octanol–water partition coefficient (Wildman–Crippen LogP) is 2.50. The summed E-state index contributed by atoms with van der Waals surface area (Å²) in [5.74, 6) is -0.185. The standard InChI is InChI=1S/C14H23NO4/c1-9(2)8-19-14(18)15-11-3-4-12(15)6-10(5-11)7-13(16)17/h9-12H,3-8H2,1-2H3,(H,16,17). The maximum Gasteiger partial charge on any atom is 0.410 e. The first-order chi connectivity index (χ1) is 8.97. The van der Waals surface area contributed by atoms with E-state index in [-0.39, 0.29) is 30.5 Å². The summed E-state index contributed by atoms with van der Waals surface area (Å²) in [5.41, 5.74) is 0. The van der Waals surface area contributed by atoms with Crippen molar-refractivity contribution < 1.29 is 19.4 Å². The molecule has 5 heteroatoms. The molecule has 0 saturated carbocycles. The number of hydrogen-bond donors (Lipinski definition) is 1. The zero-order chi connectivity index (χ0) is 14.0. The van der Waals surface area contributed by atoms with Crippen LogP contribution in [0.2, 0.25) is 0 Å². The van der Waals surface area contributed by atoms with Crippen LogP contribution in [0.3, 0.4) is 0 Å². The van der Waals surface area contributed by atoms with Crippen molar-refractivity contribution in [3.8, 4) is 0 Å². The zero-order valence-electron chi connectivity index (χ0n) is 11.7. The second-order valence-electron chi connectivity index (χ2n) is 6.20. The maximum atomic E-state index is 12.1. The molecule has 0 aliphatic carbocycles. The lowest BCUT2D eigenvalue weighted by Gasteiger charge is -2.37. The highest BCUT2D eigenvalue weighted by Crippen LogP contribution is 2.40. The minimum Gasteiger partial charge on any atom is -0.481 e. The lowest BCUT2D eigenvalue weighted by Crippen LogP contribution is -2.47. The molecule has 2 fully saturated rings. The van der Waals surface area contributed by atoms with Gasteiger partial charge in [0.1, 0.15) is 0 Å². The predicted molar refractivity (Wildman–Crippen MR) is 69.8 cm³/mol. The van der Waals surface area contributed by atoms with Crippen molar-refractivity contribution in [3.63, 3.8) is 0 Å². The molecule has 2 saturated heterocycles. The van der Waals surface area contributed by atoms with Crippen molar-refractivity contribution >= 4 is 12.1 Å². The fourth-order valence-corrected chi connectivity index (χ4v) is 3.31. The van der Waals surface area contributed by atoms with Crippen molar-refractivity contribution in [1.82, 2.24) is 4.90 Å². The van der Waals surface area contributed by atoms with Crippen molar-refractivity contribution in [2.45, 2.75) is 58.0 Å². The summed E-state index contributed by atoms with van der Waals surface area (Å²) in [6.07, 6.45) is 3.59. The first-order valence-corrected chi connectivity index (χ1v) is 7.14. The fourth-order valence-electron chi connectivity index (χ4n) is 3.31. The molecule has 0 aromatic heterocycles. The van der Waals surface area contributed by atoms with Gasteiger partial charge >= 0.3 is 12.1 Å². The van der Waals surface area contributed by atoms with Crippen LogP contribution in [-0.2, 0) is 9.53 Å². The van der Waals surface area contributed by atoms with Crippen LogP contribution in [0.1, 0.15) is 46.0 Å². The number of carboxylic acids is 1. The number of carbonyl (C=O) groups is 2. The van der Waals surface area contributed by atoms with Crippen molar-refractivity contribution in [2.24, 2.45) is 11.8 Å². The number of carboxylic acid groups (broad SMARTS) is 1. The van der Waals surface area contributed by atoms with Gasteiger partial charge in [0.25, 0.3) is 0 Å². The molecule has 1 amide bonds. The Morgan fingerprint density at radius 2 is 1.84 bits per heavy atom. The molecule has 0 spiro atoms. The van der Waals surface area contributed by atoms with E-state index < -0.39 is 5.97 Å². The third kappa shape index (κ3) is 3.39. The molecule has 19 heavy (non-hydrogen) atoms. The number of hydrogen-bond acceptors (Lipinski definition) is 3.